The van der Waals surface area contributed by atoms with Crippen LogP contribution in [0.4, 0.5) is 0 Å². The Labute approximate surface area is 112 Å². The molecular weight excluding hydrogens is 238 g/mol. The second-order valence-electron chi connectivity index (χ2n) is 5.11. The van der Waals surface area contributed by atoms with E-state index in [-0.39, 0.29) is 5.91 Å². The van der Waals surface area contributed by atoms with E-state index in [0.717, 1.165) is 12.1 Å². The van der Waals surface area contributed by atoms with Crippen LogP contribution in [0.3, 0.4) is 0 Å². The molecule has 2 heterocycles. The van der Waals surface area contributed by atoms with Gasteiger partial charge in [0.1, 0.15) is 0 Å². The van der Waals surface area contributed by atoms with Crippen LogP contribution in [0.15, 0.2) is 42.7 Å². The van der Waals surface area contributed by atoms with Crippen LogP contribution in [0.2, 0.25) is 0 Å². The summed E-state index contributed by atoms with van der Waals surface area (Å²) in [6, 6.07) is 10.3. The van der Waals surface area contributed by atoms with Gasteiger partial charge in [-0.15, -0.1) is 0 Å². The third kappa shape index (κ3) is 2.52. The van der Waals surface area contributed by atoms with Crippen molar-refractivity contribution in [1.82, 2.24) is 14.7 Å². The number of carbonyl (C=O) groups excluding carboxylic acids is 1. The molecule has 1 aliphatic rings. The fourth-order valence-electron chi connectivity index (χ4n) is 2.65. The van der Waals surface area contributed by atoms with Crippen LogP contribution in [0.25, 0.3) is 0 Å². The summed E-state index contributed by atoms with van der Waals surface area (Å²) in [4.78, 5) is 14.0. The average Bonchev–Trinajstić information content (AvgIpc) is 2.98. The standard InChI is InChI=1S/C15H17N3O/c1-17-9-12(8-16-17)10-18-11-14(7-15(18)19)13-5-3-2-4-6-13/h2-6,8-9,14H,7,10-11H2,1H3. The molecule has 0 aliphatic carbocycles. The molecule has 0 N–H and O–H groups in total. The smallest absolute Gasteiger partial charge is 0.223 e. The molecule has 0 radical (unpaired) electrons. The van der Waals surface area contributed by atoms with E-state index in [1.807, 2.05) is 42.5 Å². The van der Waals surface area contributed by atoms with E-state index in [9.17, 15) is 4.79 Å². The Balaban J connectivity index is 1.70. The molecular formula is C15H17N3O. The van der Waals surface area contributed by atoms with E-state index in [0.29, 0.717) is 18.9 Å². The van der Waals surface area contributed by atoms with Gasteiger partial charge in [0.05, 0.1) is 6.20 Å². The topological polar surface area (TPSA) is 38.1 Å². The van der Waals surface area contributed by atoms with Gasteiger partial charge in [-0.1, -0.05) is 30.3 Å². The lowest BCUT2D eigenvalue weighted by molar-refractivity contribution is -0.128. The highest BCUT2D eigenvalue weighted by Gasteiger charge is 2.30. The van der Waals surface area contributed by atoms with Gasteiger partial charge in [0.25, 0.3) is 0 Å². The molecule has 1 aromatic carbocycles. The SMILES string of the molecule is Cn1cc(CN2CC(c3ccccc3)CC2=O)cn1. The van der Waals surface area contributed by atoms with Crippen molar-refractivity contribution in [3.05, 3.63) is 53.9 Å². The monoisotopic (exact) mass is 255 g/mol. The lowest BCUT2D eigenvalue weighted by Crippen LogP contribution is -2.24. The normalized spacial score (nSPS) is 19.1. The third-order valence-electron chi connectivity index (χ3n) is 3.62. The number of nitrogens with zero attached hydrogens (tertiary/aromatic N) is 3. The lowest BCUT2D eigenvalue weighted by Gasteiger charge is -2.15. The van der Waals surface area contributed by atoms with Crippen molar-refractivity contribution in [2.24, 2.45) is 7.05 Å². The minimum absolute atomic E-state index is 0.234. The van der Waals surface area contributed by atoms with Crippen LogP contribution in [-0.2, 0) is 18.4 Å². The van der Waals surface area contributed by atoms with E-state index in [4.69, 9.17) is 0 Å². The molecule has 1 aliphatic heterocycles. The Morgan fingerprint density at radius 1 is 1.32 bits per heavy atom. The molecule has 1 amide bonds. The van der Waals surface area contributed by atoms with Gasteiger partial charge in [-0.3, -0.25) is 9.48 Å². The number of hydrogen-bond acceptors (Lipinski definition) is 2. The van der Waals surface area contributed by atoms with E-state index < -0.39 is 0 Å². The van der Waals surface area contributed by atoms with Gasteiger partial charge in [-0.2, -0.15) is 5.10 Å². The first-order chi connectivity index (χ1) is 9.22. The number of amides is 1. The summed E-state index contributed by atoms with van der Waals surface area (Å²) < 4.78 is 1.77. The van der Waals surface area contributed by atoms with Crippen molar-refractivity contribution in [1.29, 1.82) is 0 Å². The first kappa shape index (κ1) is 12.0. The number of carbonyl (C=O) groups is 1. The maximum Gasteiger partial charge on any atom is 0.223 e. The maximum absolute atomic E-state index is 12.1. The van der Waals surface area contributed by atoms with E-state index in [1.54, 1.807) is 4.68 Å². The predicted molar refractivity (Wildman–Crippen MR) is 72.4 cm³/mol. The Morgan fingerprint density at radius 2 is 2.11 bits per heavy atom. The lowest BCUT2D eigenvalue weighted by atomic mass is 9.99. The summed E-state index contributed by atoms with van der Waals surface area (Å²) in [6.45, 7) is 1.47. The molecule has 1 unspecified atom stereocenters. The molecule has 0 spiro atoms. The average molecular weight is 255 g/mol. The zero-order valence-electron chi connectivity index (χ0n) is 11.0. The zero-order chi connectivity index (χ0) is 13.2. The van der Waals surface area contributed by atoms with Crippen molar-refractivity contribution in [2.45, 2.75) is 18.9 Å². The molecule has 2 aromatic rings. The van der Waals surface area contributed by atoms with Crippen molar-refractivity contribution in [3.8, 4) is 0 Å². The molecule has 1 saturated heterocycles. The van der Waals surface area contributed by atoms with Gasteiger partial charge in [0.15, 0.2) is 0 Å². The highest BCUT2D eigenvalue weighted by Crippen LogP contribution is 2.28. The molecule has 4 nitrogen and oxygen atoms in total. The van der Waals surface area contributed by atoms with Gasteiger partial charge < -0.3 is 4.90 Å². The fraction of sp³-hybridized carbons (Fsp3) is 0.333. The molecule has 1 fully saturated rings. The van der Waals surface area contributed by atoms with Crippen molar-refractivity contribution < 1.29 is 4.79 Å². The highest BCUT2D eigenvalue weighted by molar-refractivity contribution is 5.79. The number of benzene rings is 1. The number of likely N-dealkylation sites (tertiary alicyclic amines) is 1. The second-order valence-corrected chi connectivity index (χ2v) is 5.11. The van der Waals surface area contributed by atoms with Crippen LogP contribution >= 0.6 is 0 Å². The molecule has 98 valence electrons. The molecule has 1 aromatic heterocycles. The van der Waals surface area contributed by atoms with E-state index >= 15 is 0 Å². The van der Waals surface area contributed by atoms with E-state index in [1.165, 1.54) is 5.56 Å². The van der Waals surface area contributed by atoms with E-state index in [2.05, 4.69) is 17.2 Å². The fourth-order valence-corrected chi connectivity index (χ4v) is 2.65. The number of rotatable bonds is 3. The predicted octanol–water partition coefficient (Wildman–Crippen LogP) is 1.94. The summed E-state index contributed by atoms with van der Waals surface area (Å²) >= 11 is 0. The second kappa shape index (κ2) is 4.88. The van der Waals surface area contributed by atoms with Crippen LogP contribution in [0, 0.1) is 0 Å². The van der Waals surface area contributed by atoms with Crippen molar-refractivity contribution in [2.75, 3.05) is 6.54 Å². The van der Waals surface area contributed by atoms with Crippen LogP contribution in [-0.4, -0.2) is 27.1 Å². The van der Waals surface area contributed by atoms with Crippen LogP contribution in [0.5, 0.6) is 0 Å². The van der Waals surface area contributed by atoms with Gasteiger partial charge >= 0.3 is 0 Å². The Morgan fingerprint density at radius 3 is 2.79 bits per heavy atom. The molecule has 0 bridgehead atoms. The minimum atomic E-state index is 0.234. The third-order valence-corrected chi connectivity index (χ3v) is 3.62. The Hall–Kier alpha value is -2.10. The number of aromatic nitrogens is 2. The van der Waals surface area contributed by atoms with Gasteiger partial charge in [0.2, 0.25) is 5.91 Å². The highest BCUT2D eigenvalue weighted by atomic mass is 16.2. The first-order valence-electron chi connectivity index (χ1n) is 6.52. The number of aryl methyl sites for hydroxylation is 1. The summed E-state index contributed by atoms with van der Waals surface area (Å²) in [6.07, 6.45) is 4.40. The Bertz CT molecular complexity index is 576. The largest absolute Gasteiger partial charge is 0.338 e. The summed E-state index contributed by atoms with van der Waals surface area (Å²) in [7, 11) is 1.89. The van der Waals surface area contributed by atoms with Gasteiger partial charge in [-0.25, -0.2) is 0 Å². The minimum Gasteiger partial charge on any atom is -0.338 e. The summed E-state index contributed by atoms with van der Waals surface area (Å²) in [5.41, 5.74) is 2.34. The summed E-state index contributed by atoms with van der Waals surface area (Å²) in [5.74, 6) is 0.558. The zero-order valence-corrected chi connectivity index (χ0v) is 11.0. The maximum atomic E-state index is 12.1. The molecule has 3 rings (SSSR count). The van der Waals surface area contributed by atoms with Crippen molar-refractivity contribution >= 4 is 5.91 Å². The molecule has 19 heavy (non-hydrogen) atoms. The molecule has 4 heteroatoms. The van der Waals surface area contributed by atoms with Crippen LogP contribution in [0.1, 0.15) is 23.5 Å². The van der Waals surface area contributed by atoms with Crippen LogP contribution < -0.4 is 0 Å². The Kier molecular flexibility index (Phi) is 3.07. The van der Waals surface area contributed by atoms with Gasteiger partial charge in [-0.05, 0) is 5.56 Å². The molecule has 1 atom stereocenters. The van der Waals surface area contributed by atoms with Crippen molar-refractivity contribution in [3.63, 3.8) is 0 Å². The summed E-state index contributed by atoms with van der Waals surface area (Å²) in [5, 5.41) is 4.14. The molecule has 0 saturated carbocycles. The quantitative estimate of drug-likeness (QED) is 0.840. The van der Waals surface area contributed by atoms with Gasteiger partial charge in [0, 0.05) is 44.2 Å². The number of hydrogen-bond donors (Lipinski definition) is 0. The first-order valence-corrected chi connectivity index (χ1v) is 6.52.